The van der Waals surface area contributed by atoms with Crippen LogP contribution in [0.1, 0.15) is 22.0 Å². The zero-order chi connectivity index (χ0) is 16.4. The standard InChI is InChI=1S/C17H18ClN3O2.ClH/c1-20-11-13(5-6-16(20)22)17(23)21-8-7-19-10-15(21)12-3-2-4-14(18)9-12;/h2-6,9,11,15,19H,7-8,10H2,1H3;1H. The van der Waals surface area contributed by atoms with E-state index in [1.807, 2.05) is 29.2 Å². The van der Waals surface area contributed by atoms with Gasteiger partial charge in [-0.3, -0.25) is 9.59 Å². The first-order valence-electron chi connectivity index (χ1n) is 7.50. The van der Waals surface area contributed by atoms with Crippen LogP contribution < -0.4 is 10.9 Å². The number of hydrogen-bond acceptors (Lipinski definition) is 3. The van der Waals surface area contributed by atoms with Crippen molar-refractivity contribution in [2.75, 3.05) is 19.6 Å². The second kappa shape index (κ2) is 7.83. The van der Waals surface area contributed by atoms with Crippen LogP contribution in [0.3, 0.4) is 0 Å². The molecule has 0 bridgehead atoms. The van der Waals surface area contributed by atoms with E-state index in [1.165, 1.54) is 10.6 Å². The minimum absolute atomic E-state index is 0. The van der Waals surface area contributed by atoms with Crippen LogP contribution in [0.25, 0.3) is 0 Å². The van der Waals surface area contributed by atoms with Gasteiger partial charge in [0.1, 0.15) is 0 Å². The predicted octanol–water partition coefficient (Wildman–Crippen LogP) is 2.25. The van der Waals surface area contributed by atoms with Gasteiger partial charge in [-0.25, -0.2) is 0 Å². The van der Waals surface area contributed by atoms with Gasteiger partial charge in [0.25, 0.3) is 5.91 Å². The minimum atomic E-state index is -0.131. The monoisotopic (exact) mass is 367 g/mol. The third kappa shape index (κ3) is 3.80. The SMILES string of the molecule is Cl.Cn1cc(C(=O)N2CCNCC2c2cccc(Cl)c2)ccc1=O. The van der Waals surface area contributed by atoms with Crippen LogP contribution in [-0.4, -0.2) is 35.0 Å². The molecule has 0 aliphatic carbocycles. The average molecular weight is 368 g/mol. The van der Waals surface area contributed by atoms with Crippen molar-refractivity contribution >= 4 is 29.9 Å². The van der Waals surface area contributed by atoms with Crippen LogP contribution >= 0.6 is 24.0 Å². The Hall–Kier alpha value is -1.82. The molecule has 1 amide bonds. The molecule has 0 saturated carbocycles. The Morgan fingerprint density at radius 1 is 1.29 bits per heavy atom. The molecule has 128 valence electrons. The van der Waals surface area contributed by atoms with Gasteiger partial charge in [-0.15, -0.1) is 12.4 Å². The lowest BCUT2D eigenvalue weighted by atomic mass is 10.0. The van der Waals surface area contributed by atoms with Gasteiger partial charge in [-0.1, -0.05) is 23.7 Å². The molecule has 1 aromatic carbocycles. The number of halogens is 2. The summed E-state index contributed by atoms with van der Waals surface area (Å²) in [7, 11) is 1.64. The van der Waals surface area contributed by atoms with E-state index in [-0.39, 0.29) is 29.9 Å². The first kappa shape index (κ1) is 18.5. The highest BCUT2D eigenvalue weighted by atomic mass is 35.5. The number of carbonyl (C=O) groups is 1. The van der Waals surface area contributed by atoms with Crippen LogP contribution in [0.15, 0.2) is 47.4 Å². The van der Waals surface area contributed by atoms with Crippen molar-refractivity contribution in [2.45, 2.75) is 6.04 Å². The van der Waals surface area contributed by atoms with Crippen molar-refractivity contribution in [3.05, 3.63) is 69.1 Å². The number of benzene rings is 1. The Bertz CT molecular complexity index is 791. The lowest BCUT2D eigenvalue weighted by molar-refractivity contribution is 0.0633. The molecule has 1 saturated heterocycles. The lowest BCUT2D eigenvalue weighted by Crippen LogP contribution is -2.48. The minimum Gasteiger partial charge on any atom is -0.329 e. The molecular formula is C17H19Cl2N3O2. The molecule has 1 aromatic heterocycles. The number of amides is 1. The molecule has 1 aliphatic heterocycles. The highest BCUT2D eigenvalue weighted by Gasteiger charge is 2.28. The predicted molar refractivity (Wildman–Crippen MR) is 97.0 cm³/mol. The van der Waals surface area contributed by atoms with Crippen LogP contribution in [0.2, 0.25) is 5.02 Å². The van der Waals surface area contributed by atoms with E-state index in [4.69, 9.17) is 11.6 Å². The summed E-state index contributed by atoms with van der Waals surface area (Å²) < 4.78 is 1.42. The van der Waals surface area contributed by atoms with Gasteiger partial charge >= 0.3 is 0 Å². The van der Waals surface area contributed by atoms with Gasteiger partial charge in [0.2, 0.25) is 5.56 Å². The Morgan fingerprint density at radius 3 is 2.79 bits per heavy atom. The number of aromatic nitrogens is 1. The summed E-state index contributed by atoms with van der Waals surface area (Å²) in [5.41, 5.74) is 1.39. The maximum absolute atomic E-state index is 12.9. The number of hydrogen-bond donors (Lipinski definition) is 1. The van der Waals surface area contributed by atoms with Gasteiger partial charge in [-0.05, 0) is 23.8 Å². The highest BCUT2D eigenvalue weighted by molar-refractivity contribution is 6.30. The largest absolute Gasteiger partial charge is 0.329 e. The van der Waals surface area contributed by atoms with Gasteiger partial charge in [0.15, 0.2) is 0 Å². The zero-order valence-corrected chi connectivity index (χ0v) is 14.8. The van der Waals surface area contributed by atoms with Crippen molar-refractivity contribution in [3.8, 4) is 0 Å². The fourth-order valence-electron chi connectivity index (χ4n) is 2.85. The molecule has 1 aliphatic rings. The van der Waals surface area contributed by atoms with Crippen molar-refractivity contribution in [1.82, 2.24) is 14.8 Å². The summed E-state index contributed by atoms with van der Waals surface area (Å²) in [6.45, 7) is 2.03. The Kier molecular flexibility index (Phi) is 6.04. The molecule has 7 heteroatoms. The molecule has 1 fully saturated rings. The molecule has 0 radical (unpaired) electrons. The number of carbonyl (C=O) groups excluding carboxylic acids is 1. The summed E-state index contributed by atoms with van der Waals surface area (Å²) in [5.74, 6) is -0.0768. The fourth-order valence-corrected chi connectivity index (χ4v) is 3.04. The molecule has 1 N–H and O–H groups in total. The Labute approximate surface area is 151 Å². The molecule has 5 nitrogen and oxygen atoms in total. The second-order valence-corrected chi connectivity index (χ2v) is 6.08. The van der Waals surface area contributed by atoms with E-state index in [2.05, 4.69) is 5.32 Å². The van der Waals surface area contributed by atoms with Crippen molar-refractivity contribution in [3.63, 3.8) is 0 Å². The van der Waals surface area contributed by atoms with E-state index < -0.39 is 0 Å². The van der Waals surface area contributed by atoms with Gasteiger partial charge in [0.05, 0.1) is 11.6 Å². The highest BCUT2D eigenvalue weighted by Crippen LogP contribution is 2.26. The molecular weight excluding hydrogens is 349 g/mol. The molecule has 24 heavy (non-hydrogen) atoms. The molecule has 1 atom stereocenters. The maximum atomic E-state index is 12.9. The zero-order valence-electron chi connectivity index (χ0n) is 13.2. The lowest BCUT2D eigenvalue weighted by Gasteiger charge is -2.36. The average Bonchev–Trinajstić information content (AvgIpc) is 2.57. The summed E-state index contributed by atoms with van der Waals surface area (Å²) in [4.78, 5) is 26.2. The maximum Gasteiger partial charge on any atom is 0.255 e. The van der Waals surface area contributed by atoms with Crippen molar-refractivity contribution < 1.29 is 4.79 Å². The van der Waals surface area contributed by atoms with E-state index in [0.29, 0.717) is 23.7 Å². The Morgan fingerprint density at radius 2 is 2.08 bits per heavy atom. The van der Waals surface area contributed by atoms with Crippen LogP contribution in [0, 0.1) is 0 Å². The van der Waals surface area contributed by atoms with E-state index >= 15 is 0 Å². The van der Waals surface area contributed by atoms with Crippen LogP contribution in [-0.2, 0) is 7.05 Å². The number of aryl methyl sites for hydroxylation is 1. The second-order valence-electron chi connectivity index (χ2n) is 5.64. The Balaban J connectivity index is 0.00000208. The summed E-state index contributed by atoms with van der Waals surface area (Å²) in [6.07, 6.45) is 1.59. The number of nitrogens with zero attached hydrogens (tertiary/aromatic N) is 2. The van der Waals surface area contributed by atoms with Crippen molar-refractivity contribution in [2.24, 2.45) is 7.05 Å². The van der Waals surface area contributed by atoms with E-state index in [9.17, 15) is 9.59 Å². The van der Waals surface area contributed by atoms with Gasteiger partial charge in [-0.2, -0.15) is 0 Å². The topological polar surface area (TPSA) is 54.3 Å². The van der Waals surface area contributed by atoms with E-state index in [1.54, 1.807) is 19.3 Å². The van der Waals surface area contributed by atoms with Gasteiger partial charge < -0.3 is 14.8 Å². The third-order valence-corrected chi connectivity index (χ3v) is 4.31. The summed E-state index contributed by atoms with van der Waals surface area (Å²) >= 11 is 6.08. The van der Waals surface area contributed by atoms with Crippen LogP contribution in [0.5, 0.6) is 0 Å². The number of piperazine rings is 1. The molecule has 0 spiro atoms. The first-order valence-corrected chi connectivity index (χ1v) is 7.88. The number of pyridine rings is 1. The molecule has 2 aromatic rings. The molecule has 3 rings (SSSR count). The van der Waals surface area contributed by atoms with Gasteiger partial charge in [0, 0.05) is 44.0 Å². The summed E-state index contributed by atoms with van der Waals surface area (Å²) in [5, 5.41) is 3.97. The summed E-state index contributed by atoms with van der Waals surface area (Å²) in [6, 6.07) is 10.5. The van der Waals surface area contributed by atoms with E-state index in [0.717, 1.165) is 12.1 Å². The third-order valence-electron chi connectivity index (χ3n) is 4.07. The normalized spacial score (nSPS) is 17.2. The smallest absolute Gasteiger partial charge is 0.255 e. The quantitative estimate of drug-likeness (QED) is 0.885. The number of rotatable bonds is 2. The number of nitrogens with one attached hydrogen (secondary N) is 1. The van der Waals surface area contributed by atoms with Crippen LogP contribution in [0.4, 0.5) is 0 Å². The fraction of sp³-hybridized carbons (Fsp3) is 0.294. The van der Waals surface area contributed by atoms with Crippen molar-refractivity contribution in [1.29, 1.82) is 0 Å². The first-order chi connectivity index (χ1) is 11.1. The molecule has 1 unspecified atom stereocenters. The molecule has 2 heterocycles.